The summed E-state index contributed by atoms with van der Waals surface area (Å²) >= 11 is 1.30. The molecule has 0 N–H and O–H groups in total. The molecule has 1 aromatic carbocycles. The van der Waals surface area contributed by atoms with Gasteiger partial charge in [0.05, 0.1) is 18.2 Å². The molecule has 0 saturated heterocycles. The Morgan fingerprint density at radius 3 is 2.72 bits per heavy atom. The Balaban J connectivity index is 1.66. The van der Waals surface area contributed by atoms with Crippen LogP contribution in [0.15, 0.2) is 47.5 Å². The lowest BCUT2D eigenvalue weighted by molar-refractivity contribution is 0.288. The SMILES string of the molecule is CCCCOc1ccc(/C=c2/sc3nc(-c4ccncc4)nn3c2=O)cc1OC. The molecule has 8 heteroatoms. The number of rotatable bonds is 7. The van der Waals surface area contributed by atoms with Gasteiger partial charge in [-0.25, -0.2) is 0 Å². The van der Waals surface area contributed by atoms with Gasteiger partial charge in [-0.3, -0.25) is 9.78 Å². The maximum Gasteiger partial charge on any atom is 0.291 e. The molecule has 0 aliphatic carbocycles. The first-order valence-electron chi connectivity index (χ1n) is 9.32. The van der Waals surface area contributed by atoms with E-state index in [0.717, 1.165) is 24.0 Å². The van der Waals surface area contributed by atoms with Crippen LogP contribution in [0.2, 0.25) is 0 Å². The third-order valence-electron chi connectivity index (χ3n) is 4.36. The molecule has 4 aromatic rings. The molecule has 4 rings (SSSR count). The Hall–Kier alpha value is -3.26. The summed E-state index contributed by atoms with van der Waals surface area (Å²) in [7, 11) is 1.61. The summed E-state index contributed by atoms with van der Waals surface area (Å²) in [6.45, 7) is 2.76. The Morgan fingerprint density at radius 1 is 1.17 bits per heavy atom. The Morgan fingerprint density at radius 2 is 2.00 bits per heavy atom. The zero-order chi connectivity index (χ0) is 20.2. The number of benzene rings is 1. The van der Waals surface area contributed by atoms with Crippen LogP contribution in [0.4, 0.5) is 0 Å². The predicted octanol–water partition coefficient (Wildman–Crippen LogP) is 2.95. The average Bonchev–Trinajstić information content (AvgIpc) is 3.29. The van der Waals surface area contributed by atoms with Crippen molar-refractivity contribution >= 4 is 22.4 Å². The standard InChI is InChI=1S/C21H20N4O3S/c1-3-4-11-28-16-6-5-14(12-17(16)27-2)13-18-20(26)25-21(29-18)23-19(24-25)15-7-9-22-10-8-15/h5-10,12-13H,3-4,11H2,1-2H3/b18-13+. The van der Waals surface area contributed by atoms with Crippen molar-refractivity contribution in [1.82, 2.24) is 19.6 Å². The van der Waals surface area contributed by atoms with Crippen molar-refractivity contribution in [1.29, 1.82) is 0 Å². The summed E-state index contributed by atoms with van der Waals surface area (Å²) in [6, 6.07) is 9.25. The zero-order valence-corrected chi connectivity index (χ0v) is 17.0. The highest BCUT2D eigenvalue weighted by Crippen LogP contribution is 2.28. The Kier molecular flexibility index (Phi) is 5.53. The molecule has 148 valence electrons. The van der Waals surface area contributed by atoms with E-state index >= 15 is 0 Å². The maximum atomic E-state index is 12.7. The summed E-state index contributed by atoms with van der Waals surface area (Å²) in [5.41, 5.74) is 1.48. The third kappa shape index (κ3) is 3.97. The highest BCUT2D eigenvalue weighted by atomic mass is 32.1. The van der Waals surface area contributed by atoms with Crippen LogP contribution in [0.5, 0.6) is 11.5 Å². The first-order valence-corrected chi connectivity index (χ1v) is 10.1. The summed E-state index contributed by atoms with van der Waals surface area (Å²) in [5, 5.41) is 4.35. The van der Waals surface area contributed by atoms with Crippen molar-refractivity contribution in [2.24, 2.45) is 0 Å². The number of ether oxygens (including phenoxy) is 2. The molecule has 0 amide bonds. The highest BCUT2D eigenvalue weighted by Gasteiger charge is 2.12. The molecule has 3 aromatic heterocycles. The van der Waals surface area contributed by atoms with Gasteiger partial charge in [-0.15, -0.1) is 5.10 Å². The number of methoxy groups -OCH3 is 1. The van der Waals surface area contributed by atoms with Gasteiger partial charge in [-0.1, -0.05) is 30.7 Å². The van der Waals surface area contributed by atoms with Crippen molar-refractivity contribution in [3.63, 3.8) is 0 Å². The number of aromatic nitrogens is 4. The number of nitrogens with zero attached hydrogens (tertiary/aromatic N) is 4. The number of hydrogen-bond donors (Lipinski definition) is 0. The smallest absolute Gasteiger partial charge is 0.291 e. The number of pyridine rings is 1. The van der Waals surface area contributed by atoms with E-state index in [1.165, 1.54) is 15.9 Å². The topological polar surface area (TPSA) is 78.6 Å². The minimum atomic E-state index is -0.194. The van der Waals surface area contributed by atoms with Gasteiger partial charge < -0.3 is 9.47 Å². The summed E-state index contributed by atoms with van der Waals surface area (Å²) in [4.78, 5) is 21.8. The van der Waals surface area contributed by atoms with Crippen molar-refractivity contribution < 1.29 is 9.47 Å². The Labute approximate surface area is 171 Å². The second-order valence-corrected chi connectivity index (χ2v) is 7.40. The van der Waals surface area contributed by atoms with Crippen LogP contribution in [0, 0.1) is 0 Å². The van der Waals surface area contributed by atoms with Gasteiger partial charge in [0.25, 0.3) is 5.56 Å². The highest BCUT2D eigenvalue weighted by molar-refractivity contribution is 7.15. The van der Waals surface area contributed by atoms with Crippen molar-refractivity contribution in [3.05, 3.63) is 63.2 Å². The van der Waals surface area contributed by atoms with Crippen LogP contribution >= 0.6 is 11.3 Å². The van der Waals surface area contributed by atoms with E-state index in [2.05, 4.69) is 22.0 Å². The second kappa shape index (κ2) is 8.40. The molecule has 0 radical (unpaired) electrons. The van der Waals surface area contributed by atoms with E-state index in [9.17, 15) is 4.79 Å². The fourth-order valence-electron chi connectivity index (χ4n) is 2.83. The van der Waals surface area contributed by atoms with Crippen molar-refractivity contribution in [2.45, 2.75) is 19.8 Å². The molecular weight excluding hydrogens is 388 g/mol. The van der Waals surface area contributed by atoms with Crippen LogP contribution in [0.25, 0.3) is 22.4 Å². The quantitative estimate of drug-likeness (QED) is 0.438. The molecular formula is C21H20N4O3S. The van der Waals surface area contributed by atoms with E-state index in [1.54, 1.807) is 19.5 Å². The van der Waals surface area contributed by atoms with Crippen LogP contribution < -0.4 is 19.6 Å². The molecule has 0 bridgehead atoms. The molecule has 0 aliphatic heterocycles. The van der Waals surface area contributed by atoms with Crippen molar-refractivity contribution in [3.8, 4) is 22.9 Å². The van der Waals surface area contributed by atoms with Crippen LogP contribution in [-0.2, 0) is 0 Å². The monoisotopic (exact) mass is 408 g/mol. The lowest BCUT2D eigenvalue weighted by Crippen LogP contribution is -2.23. The number of hydrogen-bond acceptors (Lipinski definition) is 7. The molecule has 7 nitrogen and oxygen atoms in total. The lowest BCUT2D eigenvalue weighted by Gasteiger charge is -2.10. The van der Waals surface area contributed by atoms with E-state index in [4.69, 9.17) is 9.47 Å². The number of unbranched alkanes of at least 4 members (excludes halogenated alkanes) is 1. The largest absolute Gasteiger partial charge is 0.493 e. The summed E-state index contributed by atoms with van der Waals surface area (Å²) in [6.07, 6.45) is 7.21. The van der Waals surface area contributed by atoms with Gasteiger partial charge in [-0.05, 0) is 42.3 Å². The molecule has 0 saturated carbocycles. The summed E-state index contributed by atoms with van der Waals surface area (Å²) < 4.78 is 13.1. The van der Waals surface area contributed by atoms with Crippen molar-refractivity contribution in [2.75, 3.05) is 13.7 Å². The normalized spacial score (nSPS) is 11.9. The van der Waals surface area contributed by atoms with E-state index in [-0.39, 0.29) is 5.56 Å². The number of thiazole rings is 1. The van der Waals surface area contributed by atoms with Crippen LogP contribution in [-0.4, -0.2) is 33.3 Å². The molecule has 0 spiro atoms. The lowest BCUT2D eigenvalue weighted by atomic mass is 10.2. The molecule has 29 heavy (non-hydrogen) atoms. The third-order valence-corrected chi connectivity index (χ3v) is 5.32. The fraction of sp³-hybridized carbons (Fsp3) is 0.238. The minimum Gasteiger partial charge on any atom is -0.493 e. The van der Waals surface area contributed by atoms with Gasteiger partial charge in [0.15, 0.2) is 17.3 Å². The van der Waals surface area contributed by atoms with Gasteiger partial charge >= 0.3 is 0 Å². The van der Waals surface area contributed by atoms with Crippen LogP contribution in [0.3, 0.4) is 0 Å². The predicted molar refractivity (Wildman–Crippen MR) is 113 cm³/mol. The molecule has 0 aliphatic rings. The first-order chi connectivity index (χ1) is 14.2. The minimum absolute atomic E-state index is 0.194. The maximum absolute atomic E-state index is 12.7. The zero-order valence-electron chi connectivity index (χ0n) is 16.2. The summed E-state index contributed by atoms with van der Waals surface area (Å²) in [5.74, 6) is 1.85. The second-order valence-electron chi connectivity index (χ2n) is 6.39. The van der Waals surface area contributed by atoms with Gasteiger partial charge in [0.2, 0.25) is 4.96 Å². The van der Waals surface area contributed by atoms with Gasteiger partial charge in [0, 0.05) is 18.0 Å². The van der Waals surface area contributed by atoms with Gasteiger partial charge in [-0.2, -0.15) is 9.50 Å². The average molecular weight is 408 g/mol. The molecule has 0 fully saturated rings. The molecule has 0 unspecified atom stereocenters. The number of fused-ring (bicyclic) bond motifs is 1. The molecule has 0 atom stereocenters. The first kappa shape index (κ1) is 19.1. The van der Waals surface area contributed by atoms with Gasteiger partial charge in [0.1, 0.15) is 0 Å². The fourth-order valence-corrected chi connectivity index (χ4v) is 3.74. The van der Waals surface area contributed by atoms with Crippen LogP contribution in [0.1, 0.15) is 25.3 Å². The van der Waals surface area contributed by atoms with E-state index < -0.39 is 0 Å². The Bertz CT molecular complexity index is 1230. The molecule has 3 heterocycles. The van der Waals surface area contributed by atoms with E-state index in [1.807, 2.05) is 36.4 Å². The van der Waals surface area contributed by atoms with E-state index in [0.29, 0.717) is 33.4 Å².